The van der Waals surface area contributed by atoms with Gasteiger partial charge in [0.05, 0.1) is 23.4 Å². The molecule has 0 aromatic heterocycles. The van der Waals surface area contributed by atoms with Crippen molar-refractivity contribution in [3.8, 4) is 0 Å². The summed E-state index contributed by atoms with van der Waals surface area (Å²) in [5.74, 6) is -2.19. The van der Waals surface area contributed by atoms with Gasteiger partial charge in [0.2, 0.25) is 11.8 Å². The van der Waals surface area contributed by atoms with Gasteiger partial charge in [-0.25, -0.2) is 14.6 Å². The van der Waals surface area contributed by atoms with Crippen molar-refractivity contribution in [2.75, 3.05) is 18.5 Å². The lowest BCUT2D eigenvalue weighted by atomic mass is 10.2. The van der Waals surface area contributed by atoms with E-state index in [0.29, 0.717) is 28.7 Å². The van der Waals surface area contributed by atoms with Crippen molar-refractivity contribution in [3.05, 3.63) is 59.7 Å². The molecule has 1 aliphatic heterocycles. The normalized spacial score (nSPS) is 17.0. The monoisotopic (exact) mass is 469 g/mol. The maximum atomic E-state index is 12.8. The van der Waals surface area contributed by atoms with Gasteiger partial charge >= 0.3 is 11.9 Å². The van der Waals surface area contributed by atoms with Gasteiger partial charge in [-0.05, 0) is 56.3 Å². The van der Waals surface area contributed by atoms with Crippen molar-refractivity contribution in [3.63, 3.8) is 0 Å². The largest absolute Gasteiger partial charge is 0.478 e. The Morgan fingerprint density at radius 3 is 2.52 bits per heavy atom. The van der Waals surface area contributed by atoms with Gasteiger partial charge in [0.25, 0.3) is 0 Å². The fourth-order valence-electron chi connectivity index (χ4n) is 3.10. The van der Waals surface area contributed by atoms with Gasteiger partial charge in [-0.3, -0.25) is 14.5 Å². The van der Waals surface area contributed by atoms with Gasteiger partial charge in [-0.15, -0.1) is 0 Å². The van der Waals surface area contributed by atoms with Crippen molar-refractivity contribution >= 4 is 52.1 Å². The first-order valence-electron chi connectivity index (χ1n) is 10.3. The van der Waals surface area contributed by atoms with E-state index in [1.807, 2.05) is 6.92 Å². The number of rotatable bonds is 7. The number of nitrogens with one attached hydrogen (secondary N) is 1. The predicted octanol–water partition coefficient (Wildman–Crippen LogP) is 3.54. The van der Waals surface area contributed by atoms with Crippen LogP contribution in [0.5, 0.6) is 0 Å². The number of nitrogens with zero attached hydrogens (tertiary/aromatic N) is 2. The molecule has 0 saturated carbocycles. The fraction of sp³-hybridized carbons (Fsp3) is 0.261. The Hall–Kier alpha value is -3.66. The third-order valence-corrected chi connectivity index (χ3v) is 5.92. The van der Waals surface area contributed by atoms with Gasteiger partial charge in [-0.1, -0.05) is 17.8 Å². The van der Waals surface area contributed by atoms with E-state index in [-0.39, 0.29) is 24.5 Å². The molecule has 3 rings (SSSR count). The zero-order valence-electron chi connectivity index (χ0n) is 18.1. The Bertz CT molecular complexity index is 1100. The standard InChI is InChI=1S/C23H23N3O6S/c1-3-26-19(27)13-18(20(28)24-17-7-5-6-15(12-17)21(29)30)33-23(26)25-16-10-8-14(9-11-16)22(31)32-4-2/h5-12,18H,3-4,13H2,1-2H3,(H,24,28)(H,29,30)/t18-/m0/s1. The molecule has 0 radical (unpaired) electrons. The number of ether oxygens (including phenoxy) is 1. The maximum absolute atomic E-state index is 12.8. The summed E-state index contributed by atoms with van der Waals surface area (Å²) >= 11 is 1.15. The number of amidine groups is 1. The molecule has 2 aromatic rings. The molecule has 2 amide bonds. The van der Waals surface area contributed by atoms with Crippen molar-refractivity contribution in [1.29, 1.82) is 0 Å². The molecule has 1 atom stereocenters. The smallest absolute Gasteiger partial charge is 0.338 e. The van der Waals surface area contributed by atoms with E-state index < -0.39 is 23.1 Å². The number of hydrogen-bond acceptors (Lipinski definition) is 7. The van der Waals surface area contributed by atoms with Crippen LogP contribution < -0.4 is 5.32 Å². The third-order valence-electron chi connectivity index (χ3n) is 4.73. The highest BCUT2D eigenvalue weighted by Gasteiger charge is 2.35. The first-order valence-corrected chi connectivity index (χ1v) is 11.2. The van der Waals surface area contributed by atoms with Gasteiger partial charge in [0.1, 0.15) is 5.25 Å². The topological polar surface area (TPSA) is 125 Å². The molecule has 33 heavy (non-hydrogen) atoms. The van der Waals surface area contributed by atoms with Crippen LogP contribution >= 0.6 is 11.8 Å². The lowest BCUT2D eigenvalue weighted by Gasteiger charge is -2.30. The van der Waals surface area contributed by atoms with Crippen LogP contribution in [0.2, 0.25) is 0 Å². The number of carboxylic acid groups (broad SMARTS) is 1. The average molecular weight is 470 g/mol. The second-order valence-electron chi connectivity index (χ2n) is 6.99. The van der Waals surface area contributed by atoms with Crippen LogP contribution in [0.1, 0.15) is 41.0 Å². The zero-order chi connectivity index (χ0) is 24.0. The summed E-state index contributed by atoms with van der Waals surface area (Å²) in [5, 5.41) is 11.4. The number of carboxylic acids is 1. The van der Waals surface area contributed by atoms with Crippen LogP contribution in [0, 0.1) is 0 Å². The Morgan fingerprint density at radius 2 is 1.88 bits per heavy atom. The molecular weight excluding hydrogens is 446 g/mol. The Labute approximate surface area is 194 Å². The number of esters is 1. The van der Waals surface area contributed by atoms with Crippen LogP contribution in [-0.2, 0) is 14.3 Å². The summed E-state index contributed by atoms with van der Waals surface area (Å²) < 4.78 is 4.97. The number of hydrogen-bond donors (Lipinski definition) is 2. The van der Waals surface area contributed by atoms with Crippen LogP contribution in [-0.4, -0.2) is 57.3 Å². The number of aliphatic imine (C=N–C) groups is 1. The Morgan fingerprint density at radius 1 is 1.15 bits per heavy atom. The fourth-order valence-corrected chi connectivity index (χ4v) is 4.26. The molecule has 1 fully saturated rings. The first kappa shape index (κ1) is 24.0. The maximum Gasteiger partial charge on any atom is 0.338 e. The first-order chi connectivity index (χ1) is 15.8. The van der Waals surface area contributed by atoms with Gasteiger partial charge < -0.3 is 15.2 Å². The molecule has 9 nitrogen and oxygen atoms in total. The molecule has 0 bridgehead atoms. The molecule has 0 aliphatic carbocycles. The summed E-state index contributed by atoms with van der Waals surface area (Å²) in [6.07, 6.45) is -0.0101. The van der Waals surface area contributed by atoms with Crippen molar-refractivity contribution in [2.45, 2.75) is 25.5 Å². The third kappa shape index (κ3) is 5.98. The molecule has 0 unspecified atom stereocenters. The second kappa shape index (κ2) is 10.8. The number of anilines is 1. The van der Waals surface area contributed by atoms with E-state index >= 15 is 0 Å². The number of benzene rings is 2. The minimum absolute atomic E-state index is 0.0101. The lowest BCUT2D eigenvalue weighted by Crippen LogP contribution is -2.45. The van der Waals surface area contributed by atoms with E-state index in [4.69, 9.17) is 9.84 Å². The van der Waals surface area contributed by atoms with E-state index in [0.717, 1.165) is 11.8 Å². The van der Waals surface area contributed by atoms with E-state index in [9.17, 15) is 19.2 Å². The zero-order valence-corrected chi connectivity index (χ0v) is 18.9. The lowest BCUT2D eigenvalue weighted by molar-refractivity contribution is -0.129. The number of amides is 2. The number of carbonyl (C=O) groups excluding carboxylic acids is 3. The number of aromatic carboxylic acids is 1. The van der Waals surface area contributed by atoms with Gasteiger partial charge in [0, 0.05) is 18.7 Å². The average Bonchev–Trinajstić information content (AvgIpc) is 2.79. The highest BCUT2D eigenvalue weighted by Crippen LogP contribution is 2.30. The summed E-state index contributed by atoms with van der Waals surface area (Å²) in [6, 6.07) is 12.3. The second-order valence-corrected chi connectivity index (χ2v) is 8.16. The molecule has 1 aliphatic rings. The van der Waals surface area contributed by atoms with Crippen molar-refractivity contribution in [1.82, 2.24) is 4.90 Å². The van der Waals surface area contributed by atoms with Crippen LogP contribution in [0.15, 0.2) is 53.5 Å². The highest BCUT2D eigenvalue weighted by molar-refractivity contribution is 8.15. The van der Waals surface area contributed by atoms with Crippen molar-refractivity contribution < 1.29 is 29.0 Å². The summed E-state index contributed by atoms with van der Waals surface area (Å²) in [7, 11) is 0. The molecule has 1 heterocycles. The van der Waals surface area contributed by atoms with E-state index in [1.165, 1.54) is 23.1 Å². The van der Waals surface area contributed by atoms with E-state index in [2.05, 4.69) is 10.3 Å². The molecule has 172 valence electrons. The summed E-state index contributed by atoms with van der Waals surface area (Å²) in [4.78, 5) is 54.5. The quantitative estimate of drug-likeness (QED) is 0.594. The minimum Gasteiger partial charge on any atom is -0.478 e. The molecule has 0 spiro atoms. The number of thioether (sulfide) groups is 1. The minimum atomic E-state index is -1.10. The summed E-state index contributed by atoms with van der Waals surface area (Å²) in [6.45, 7) is 4.21. The molecule has 10 heteroatoms. The van der Waals surface area contributed by atoms with Crippen LogP contribution in [0.25, 0.3) is 0 Å². The number of carbonyl (C=O) groups is 4. The van der Waals surface area contributed by atoms with Gasteiger partial charge in [0.15, 0.2) is 5.17 Å². The molecule has 2 aromatic carbocycles. The SMILES string of the molecule is CCOC(=O)c1ccc(N=C2S[C@H](C(=O)Nc3cccc(C(=O)O)c3)CC(=O)N2CC)cc1. The van der Waals surface area contributed by atoms with Crippen LogP contribution in [0.3, 0.4) is 0 Å². The van der Waals surface area contributed by atoms with Crippen LogP contribution in [0.4, 0.5) is 11.4 Å². The molecule has 1 saturated heterocycles. The summed E-state index contributed by atoms with van der Waals surface area (Å²) in [5.41, 5.74) is 1.29. The van der Waals surface area contributed by atoms with E-state index in [1.54, 1.807) is 37.3 Å². The molecule has 2 N–H and O–H groups in total. The van der Waals surface area contributed by atoms with Crippen molar-refractivity contribution in [2.24, 2.45) is 4.99 Å². The highest BCUT2D eigenvalue weighted by atomic mass is 32.2. The van der Waals surface area contributed by atoms with Gasteiger partial charge in [-0.2, -0.15) is 0 Å². The Balaban J connectivity index is 1.78. The Kier molecular flexibility index (Phi) is 7.83. The predicted molar refractivity (Wildman–Crippen MR) is 125 cm³/mol. The molecular formula is C23H23N3O6S.